The van der Waals surface area contributed by atoms with Gasteiger partial charge in [0.2, 0.25) is 11.1 Å². The van der Waals surface area contributed by atoms with Crippen LogP contribution < -0.4 is 0 Å². The third kappa shape index (κ3) is 2.83. The van der Waals surface area contributed by atoms with Gasteiger partial charge in [0.05, 0.1) is 4.90 Å². The van der Waals surface area contributed by atoms with Crippen molar-refractivity contribution in [2.45, 2.75) is 4.90 Å². The van der Waals surface area contributed by atoms with Crippen molar-refractivity contribution in [3.63, 3.8) is 0 Å². The van der Waals surface area contributed by atoms with Crippen LogP contribution in [0.2, 0.25) is 0 Å². The van der Waals surface area contributed by atoms with E-state index in [0.29, 0.717) is 4.90 Å². The van der Waals surface area contributed by atoms with Crippen molar-refractivity contribution in [3.8, 4) is 0 Å². The van der Waals surface area contributed by atoms with E-state index in [0.717, 1.165) is 6.08 Å². The van der Waals surface area contributed by atoms with E-state index in [1.54, 1.807) is 30.3 Å². The predicted octanol–water partition coefficient (Wildman–Crippen LogP) is 1.44. The van der Waals surface area contributed by atoms with E-state index in [1.807, 2.05) is 0 Å². The Balaban J connectivity index is 2.70. The summed E-state index contributed by atoms with van der Waals surface area (Å²) in [7, 11) is 0. The number of carbonyl (C=O) groups excluding carboxylic acids is 1. The number of hydrogen-bond acceptors (Lipinski definition) is 3. The van der Waals surface area contributed by atoms with Crippen molar-refractivity contribution in [1.29, 1.82) is 0 Å². The van der Waals surface area contributed by atoms with E-state index in [2.05, 4.69) is 10.8 Å². The van der Waals surface area contributed by atoms with E-state index in [4.69, 9.17) is 0 Å². The highest BCUT2D eigenvalue weighted by Gasteiger charge is 2.06. The van der Waals surface area contributed by atoms with Gasteiger partial charge < -0.3 is 4.18 Å². The average Bonchev–Trinajstić information content (AvgIpc) is 2.19. The molecule has 0 fully saturated rings. The Labute approximate surface area is 78.7 Å². The summed E-state index contributed by atoms with van der Waals surface area (Å²) in [6.45, 7) is 3.20. The van der Waals surface area contributed by atoms with E-state index in [1.165, 1.54) is 0 Å². The van der Waals surface area contributed by atoms with Gasteiger partial charge in [-0.2, -0.15) is 0 Å². The number of benzene rings is 1. The van der Waals surface area contributed by atoms with Gasteiger partial charge in [-0.3, -0.25) is 0 Å². The van der Waals surface area contributed by atoms with Crippen LogP contribution in [-0.2, 0) is 20.1 Å². The van der Waals surface area contributed by atoms with Crippen LogP contribution >= 0.6 is 0 Å². The molecule has 0 aliphatic heterocycles. The van der Waals surface area contributed by atoms with Gasteiger partial charge in [-0.25, -0.2) is 9.00 Å². The third-order valence-electron chi connectivity index (χ3n) is 1.26. The molecule has 3 nitrogen and oxygen atoms in total. The number of hydrogen-bond donors (Lipinski definition) is 0. The van der Waals surface area contributed by atoms with Crippen LogP contribution in [0, 0.1) is 0 Å². The fourth-order valence-electron chi connectivity index (χ4n) is 0.688. The van der Waals surface area contributed by atoms with Crippen LogP contribution in [0.15, 0.2) is 47.9 Å². The lowest BCUT2D eigenvalue weighted by atomic mass is 10.4. The number of rotatable bonds is 3. The largest absolute Gasteiger partial charge is 0.357 e. The highest BCUT2D eigenvalue weighted by molar-refractivity contribution is 7.80. The van der Waals surface area contributed by atoms with E-state index >= 15 is 0 Å². The summed E-state index contributed by atoms with van der Waals surface area (Å²) in [6.07, 6.45) is 0.973. The molecule has 0 heterocycles. The lowest BCUT2D eigenvalue weighted by Gasteiger charge is -1.99. The van der Waals surface area contributed by atoms with Crippen LogP contribution in [0.4, 0.5) is 0 Å². The predicted molar refractivity (Wildman–Crippen MR) is 49.1 cm³/mol. The monoisotopic (exact) mass is 196 g/mol. The first-order valence-electron chi connectivity index (χ1n) is 3.55. The van der Waals surface area contributed by atoms with Crippen LogP contribution in [-0.4, -0.2) is 10.2 Å². The van der Waals surface area contributed by atoms with Gasteiger partial charge in [0.25, 0.3) is 0 Å². The van der Waals surface area contributed by atoms with Crippen LogP contribution in [0.5, 0.6) is 0 Å². The smallest absolute Gasteiger partial charge is 0.344 e. The summed E-state index contributed by atoms with van der Waals surface area (Å²) in [4.78, 5) is 11.1. The normalized spacial score (nSPS) is 11.7. The maximum Gasteiger partial charge on any atom is 0.344 e. The Morgan fingerprint density at radius 3 is 2.54 bits per heavy atom. The fourth-order valence-corrected chi connectivity index (χ4v) is 1.38. The maximum atomic E-state index is 11.2. The molecule has 0 spiro atoms. The molecule has 0 aliphatic rings. The molecule has 1 atom stereocenters. The second-order valence-corrected chi connectivity index (χ2v) is 3.26. The average molecular weight is 196 g/mol. The Kier molecular flexibility index (Phi) is 3.40. The molecule has 1 unspecified atom stereocenters. The summed E-state index contributed by atoms with van der Waals surface area (Å²) < 4.78 is 15.7. The summed E-state index contributed by atoms with van der Waals surface area (Å²) in [5, 5.41) is 0. The fraction of sp³-hybridized carbons (Fsp3) is 0. The molecule has 0 radical (unpaired) electrons. The topological polar surface area (TPSA) is 43.4 Å². The van der Waals surface area contributed by atoms with Gasteiger partial charge in [-0.15, -0.1) is 0 Å². The molecule has 4 heteroatoms. The first kappa shape index (κ1) is 9.67. The molecular formula is C9H8O3S. The van der Waals surface area contributed by atoms with E-state index < -0.39 is 17.0 Å². The van der Waals surface area contributed by atoms with Gasteiger partial charge in [0.15, 0.2) is 0 Å². The van der Waals surface area contributed by atoms with E-state index in [-0.39, 0.29) is 0 Å². The summed E-state index contributed by atoms with van der Waals surface area (Å²) in [5.74, 6) is -0.692. The van der Waals surface area contributed by atoms with E-state index in [9.17, 15) is 9.00 Å². The Bertz CT molecular complexity index is 332. The summed E-state index contributed by atoms with van der Waals surface area (Å²) in [5.41, 5.74) is 0. The lowest BCUT2D eigenvalue weighted by Crippen LogP contribution is -2.03. The molecule has 1 rings (SSSR count). The summed E-state index contributed by atoms with van der Waals surface area (Å²) >= 11 is -1.73. The molecule has 0 aromatic heterocycles. The Morgan fingerprint density at radius 2 is 2.00 bits per heavy atom. The van der Waals surface area contributed by atoms with Crippen molar-refractivity contribution in [2.24, 2.45) is 0 Å². The second-order valence-electron chi connectivity index (χ2n) is 2.15. The van der Waals surface area contributed by atoms with Gasteiger partial charge in [-0.05, 0) is 12.1 Å². The van der Waals surface area contributed by atoms with Crippen molar-refractivity contribution >= 4 is 17.0 Å². The third-order valence-corrected chi connectivity index (χ3v) is 2.23. The highest BCUT2D eigenvalue weighted by atomic mass is 32.2. The minimum atomic E-state index is -1.73. The molecule has 0 saturated carbocycles. The standard InChI is InChI=1S/C9H8O3S/c1-2-9(10)12-13(11)8-6-4-3-5-7-8/h2-7H,1H2. The molecule has 1 aromatic carbocycles. The number of carbonyl (C=O) groups is 1. The van der Waals surface area contributed by atoms with Crippen molar-refractivity contribution < 1.29 is 13.2 Å². The first-order valence-corrected chi connectivity index (χ1v) is 4.63. The molecule has 0 amide bonds. The van der Waals surface area contributed by atoms with Crippen molar-refractivity contribution in [3.05, 3.63) is 43.0 Å². The zero-order chi connectivity index (χ0) is 9.68. The minimum absolute atomic E-state index is 0.456. The SMILES string of the molecule is C=CC(=O)OS(=O)c1ccccc1. The molecule has 0 N–H and O–H groups in total. The minimum Gasteiger partial charge on any atom is -0.357 e. The summed E-state index contributed by atoms with van der Waals surface area (Å²) in [6, 6.07) is 8.46. The second kappa shape index (κ2) is 4.57. The zero-order valence-electron chi connectivity index (χ0n) is 6.80. The molecule has 0 aliphatic carbocycles. The molecular weight excluding hydrogens is 188 g/mol. The Morgan fingerprint density at radius 1 is 1.38 bits per heavy atom. The Hall–Kier alpha value is -1.42. The lowest BCUT2D eigenvalue weighted by molar-refractivity contribution is -0.128. The molecule has 68 valence electrons. The van der Waals surface area contributed by atoms with Gasteiger partial charge in [0.1, 0.15) is 0 Å². The highest BCUT2D eigenvalue weighted by Crippen LogP contribution is 2.06. The van der Waals surface area contributed by atoms with Gasteiger partial charge >= 0.3 is 5.97 Å². The molecule has 13 heavy (non-hydrogen) atoms. The molecule has 1 aromatic rings. The quantitative estimate of drug-likeness (QED) is 0.687. The van der Waals surface area contributed by atoms with Crippen molar-refractivity contribution in [2.75, 3.05) is 0 Å². The van der Waals surface area contributed by atoms with Crippen LogP contribution in [0.25, 0.3) is 0 Å². The molecule has 0 saturated heterocycles. The molecule has 0 bridgehead atoms. The first-order chi connectivity index (χ1) is 6.24. The maximum absolute atomic E-state index is 11.2. The van der Waals surface area contributed by atoms with Crippen LogP contribution in [0.3, 0.4) is 0 Å². The van der Waals surface area contributed by atoms with Crippen molar-refractivity contribution in [1.82, 2.24) is 0 Å². The zero-order valence-corrected chi connectivity index (χ0v) is 7.62. The van der Waals surface area contributed by atoms with Gasteiger partial charge in [-0.1, -0.05) is 24.8 Å². The van der Waals surface area contributed by atoms with Gasteiger partial charge in [0, 0.05) is 6.08 Å². The van der Waals surface area contributed by atoms with Crippen LogP contribution in [0.1, 0.15) is 0 Å².